The minimum absolute atomic E-state index is 0. The number of carbonyl (C=O) groups is 1. The predicted molar refractivity (Wildman–Crippen MR) is 128 cm³/mol. The molecule has 7 heteroatoms. The summed E-state index contributed by atoms with van der Waals surface area (Å²) in [6, 6.07) is 7.68. The summed E-state index contributed by atoms with van der Waals surface area (Å²) in [5, 5.41) is 6.77. The van der Waals surface area contributed by atoms with Crippen LogP contribution < -0.4 is 10.6 Å². The molecule has 28 heavy (non-hydrogen) atoms. The highest BCUT2D eigenvalue weighted by atomic mass is 127. The van der Waals surface area contributed by atoms with Gasteiger partial charge in [0.15, 0.2) is 5.96 Å². The number of benzene rings is 1. The van der Waals surface area contributed by atoms with Gasteiger partial charge in [0.25, 0.3) is 5.91 Å². The van der Waals surface area contributed by atoms with E-state index in [1.54, 1.807) is 19.0 Å². The molecule has 1 saturated heterocycles. The third-order valence-corrected chi connectivity index (χ3v) is 4.76. The Kier molecular flexibility index (Phi) is 11.4. The normalized spacial score (nSPS) is 15.6. The topological polar surface area (TPSA) is 60.0 Å². The Balaban J connectivity index is 0.00000392. The van der Waals surface area contributed by atoms with Crippen LogP contribution in [0, 0.1) is 5.92 Å². The molecule has 1 unspecified atom stereocenters. The Morgan fingerprint density at radius 1 is 1.18 bits per heavy atom. The van der Waals surface area contributed by atoms with Crippen LogP contribution in [0.2, 0.25) is 0 Å². The highest BCUT2D eigenvalue weighted by molar-refractivity contribution is 14.0. The molecule has 158 valence electrons. The summed E-state index contributed by atoms with van der Waals surface area (Å²) in [5.74, 6) is 1.45. The van der Waals surface area contributed by atoms with E-state index in [1.165, 1.54) is 25.9 Å². The minimum atomic E-state index is 0. The quantitative estimate of drug-likeness (QED) is 0.327. The first-order valence-corrected chi connectivity index (χ1v) is 10.0. The van der Waals surface area contributed by atoms with E-state index in [9.17, 15) is 4.79 Å². The molecule has 0 radical (unpaired) electrons. The SMILES string of the molecule is CCNC(=NCc1ccc(C(=O)N(C)C)cc1)NCC(C)CN1CCCC1.I. The molecule has 2 N–H and O–H groups in total. The molecule has 1 aromatic carbocycles. The van der Waals surface area contributed by atoms with Gasteiger partial charge in [0.2, 0.25) is 0 Å². The first-order valence-electron chi connectivity index (χ1n) is 10.0. The van der Waals surface area contributed by atoms with Gasteiger partial charge in [0.1, 0.15) is 0 Å². The van der Waals surface area contributed by atoms with Crippen LogP contribution >= 0.6 is 24.0 Å². The van der Waals surface area contributed by atoms with Crippen molar-refractivity contribution in [3.05, 3.63) is 35.4 Å². The second-order valence-corrected chi connectivity index (χ2v) is 7.59. The molecule has 6 nitrogen and oxygen atoms in total. The molecule has 0 spiro atoms. The number of hydrogen-bond donors (Lipinski definition) is 2. The van der Waals surface area contributed by atoms with Crippen molar-refractivity contribution in [2.75, 3.05) is 46.8 Å². The molecular weight excluding hydrogens is 465 g/mol. The minimum Gasteiger partial charge on any atom is -0.357 e. The van der Waals surface area contributed by atoms with Crippen molar-refractivity contribution in [1.82, 2.24) is 20.4 Å². The molecule has 1 aliphatic rings. The fraction of sp³-hybridized carbons (Fsp3) is 0.619. The molecular formula is C21H36IN5O. The summed E-state index contributed by atoms with van der Waals surface area (Å²) in [6.07, 6.45) is 2.67. The Labute approximate surface area is 187 Å². The smallest absolute Gasteiger partial charge is 0.253 e. The molecule has 1 amide bonds. The van der Waals surface area contributed by atoms with Crippen LogP contribution in [0.15, 0.2) is 29.3 Å². The number of nitrogens with zero attached hydrogens (tertiary/aromatic N) is 3. The van der Waals surface area contributed by atoms with E-state index < -0.39 is 0 Å². The largest absolute Gasteiger partial charge is 0.357 e. The van der Waals surface area contributed by atoms with Crippen LogP contribution in [-0.2, 0) is 6.54 Å². The van der Waals surface area contributed by atoms with Crippen molar-refractivity contribution in [3.8, 4) is 0 Å². The lowest BCUT2D eigenvalue weighted by molar-refractivity contribution is 0.0827. The first-order chi connectivity index (χ1) is 13.0. The molecule has 2 rings (SSSR count). The molecule has 1 heterocycles. The van der Waals surface area contributed by atoms with E-state index in [-0.39, 0.29) is 29.9 Å². The predicted octanol–water partition coefficient (Wildman–Crippen LogP) is 2.79. The van der Waals surface area contributed by atoms with Gasteiger partial charge in [-0.15, -0.1) is 24.0 Å². The highest BCUT2D eigenvalue weighted by Gasteiger charge is 2.14. The van der Waals surface area contributed by atoms with E-state index >= 15 is 0 Å². The maximum Gasteiger partial charge on any atom is 0.253 e. The third-order valence-electron chi connectivity index (χ3n) is 4.76. The lowest BCUT2D eigenvalue weighted by atomic mass is 10.1. The van der Waals surface area contributed by atoms with Crippen LogP contribution in [0.4, 0.5) is 0 Å². The number of guanidine groups is 1. The second-order valence-electron chi connectivity index (χ2n) is 7.59. The van der Waals surface area contributed by atoms with Gasteiger partial charge in [-0.2, -0.15) is 0 Å². The van der Waals surface area contributed by atoms with Crippen molar-refractivity contribution >= 4 is 35.8 Å². The average molecular weight is 501 g/mol. The zero-order valence-corrected chi connectivity index (χ0v) is 20.0. The Morgan fingerprint density at radius 2 is 1.82 bits per heavy atom. The fourth-order valence-corrected chi connectivity index (χ4v) is 3.26. The first kappa shape index (κ1) is 24.7. The molecule has 0 aromatic heterocycles. The van der Waals surface area contributed by atoms with Gasteiger partial charge in [0.05, 0.1) is 6.54 Å². The number of amides is 1. The molecule has 1 aliphatic heterocycles. The monoisotopic (exact) mass is 501 g/mol. The van der Waals surface area contributed by atoms with Gasteiger partial charge in [-0.25, -0.2) is 4.99 Å². The van der Waals surface area contributed by atoms with Crippen molar-refractivity contribution in [2.24, 2.45) is 10.9 Å². The number of likely N-dealkylation sites (tertiary alicyclic amines) is 1. The van der Waals surface area contributed by atoms with Crippen LogP contribution in [0.25, 0.3) is 0 Å². The molecule has 1 aromatic rings. The standard InChI is InChI=1S/C21H35N5O.HI/c1-5-22-21(23-14-17(2)16-26-12-6-7-13-26)24-15-18-8-10-19(11-9-18)20(27)25(3)4;/h8-11,17H,5-7,12-16H2,1-4H3,(H2,22,23,24);1H. The summed E-state index contributed by atoms with van der Waals surface area (Å²) < 4.78 is 0. The molecule has 1 atom stereocenters. The Bertz CT molecular complexity index is 612. The summed E-state index contributed by atoms with van der Waals surface area (Å²) in [4.78, 5) is 20.8. The third kappa shape index (κ3) is 8.34. The van der Waals surface area contributed by atoms with Gasteiger partial charge in [-0.3, -0.25) is 4.79 Å². The van der Waals surface area contributed by atoms with E-state index in [0.29, 0.717) is 18.0 Å². The number of nitrogens with one attached hydrogen (secondary N) is 2. The zero-order valence-electron chi connectivity index (χ0n) is 17.7. The summed E-state index contributed by atoms with van der Waals surface area (Å²) in [5.41, 5.74) is 1.79. The van der Waals surface area contributed by atoms with Crippen LogP contribution in [0.1, 0.15) is 42.6 Å². The van der Waals surface area contributed by atoms with E-state index in [4.69, 9.17) is 0 Å². The highest BCUT2D eigenvalue weighted by Crippen LogP contribution is 2.10. The Hall–Kier alpha value is -1.35. The lowest BCUT2D eigenvalue weighted by Crippen LogP contribution is -2.41. The second kappa shape index (κ2) is 13.0. The van der Waals surface area contributed by atoms with Crippen LogP contribution in [0.3, 0.4) is 0 Å². The van der Waals surface area contributed by atoms with E-state index in [2.05, 4.69) is 34.4 Å². The fourth-order valence-electron chi connectivity index (χ4n) is 3.26. The van der Waals surface area contributed by atoms with Crippen LogP contribution in [-0.4, -0.2) is 68.5 Å². The summed E-state index contributed by atoms with van der Waals surface area (Å²) >= 11 is 0. The molecule has 1 fully saturated rings. The lowest BCUT2D eigenvalue weighted by Gasteiger charge is -2.21. The average Bonchev–Trinajstić information content (AvgIpc) is 3.16. The molecule has 0 bridgehead atoms. The van der Waals surface area contributed by atoms with E-state index in [0.717, 1.165) is 31.2 Å². The van der Waals surface area contributed by atoms with Gasteiger partial charge in [-0.05, 0) is 56.5 Å². The van der Waals surface area contributed by atoms with Gasteiger partial charge in [-0.1, -0.05) is 19.1 Å². The maximum absolute atomic E-state index is 12.0. The number of rotatable bonds is 8. The maximum atomic E-state index is 12.0. The molecule has 0 aliphatic carbocycles. The number of halogens is 1. The van der Waals surface area contributed by atoms with Gasteiger partial charge < -0.3 is 20.4 Å². The van der Waals surface area contributed by atoms with Gasteiger partial charge in [0, 0.05) is 39.3 Å². The number of carbonyl (C=O) groups excluding carboxylic acids is 1. The van der Waals surface area contributed by atoms with Crippen LogP contribution in [0.5, 0.6) is 0 Å². The molecule has 0 saturated carbocycles. The summed E-state index contributed by atoms with van der Waals surface area (Å²) in [7, 11) is 3.53. The van der Waals surface area contributed by atoms with Crippen molar-refractivity contribution in [3.63, 3.8) is 0 Å². The van der Waals surface area contributed by atoms with Crippen molar-refractivity contribution in [2.45, 2.75) is 33.2 Å². The summed E-state index contributed by atoms with van der Waals surface area (Å²) in [6.45, 7) is 10.3. The number of hydrogen-bond acceptors (Lipinski definition) is 3. The van der Waals surface area contributed by atoms with E-state index in [1.807, 2.05) is 24.3 Å². The Morgan fingerprint density at radius 3 is 2.39 bits per heavy atom. The van der Waals surface area contributed by atoms with Crippen molar-refractivity contribution in [1.29, 1.82) is 0 Å². The number of aliphatic imine (C=N–C) groups is 1. The van der Waals surface area contributed by atoms with Gasteiger partial charge >= 0.3 is 0 Å². The zero-order chi connectivity index (χ0) is 19.6. The van der Waals surface area contributed by atoms with Crippen molar-refractivity contribution < 1.29 is 4.79 Å².